The summed E-state index contributed by atoms with van der Waals surface area (Å²) in [4.78, 5) is 38.7. The second kappa shape index (κ2) is 6.83. The number of carboxylic acid groups (broad SMARTS) is 1. The van der Waals surface area contributed by atoms with Gasteiger partial charge in [-0.05, 0) is 19.1 Å². The number of amides is 2. The van der Waals surface area contributed by atoms with Gasteiger partial charge < -0.3 is 14.9 Å². The van der Waals surface area contributed by atoms with Crippen LogP contribution in [-0.4, -0.2) is 63.5 Å². The molecule has 0 aliphatic carbocycles. The summed E-state index contributed by atoms with van der Waals surface area (Å²) in [6.07, 6.45) is 0. The second-order valence-electron chi connectivity index (χ2n) is 5.12. The molecule has 2 rings (SSSR count). The van der Waals surface area contributed by atoms with Crippen molar-refractivity contribution in [2.75, 3.05) is 18.7 Å². The molecule has 0 saturated carbocycles. The average Bonchev–Trinajstić information content (AvgIpc) is 3.02. The van der Waals surface area contributed by atoms with Gasteiger partial charge in [-0.3, -0.25) is 9.59 Å². The summed E-state index contributed by atoms with van der Waals surface area (Å²) < 4.78 is 0. The van der Waals surface area contributed by atoms with Gasteiger partial charge in [-0.25, -0.2) is 4.79 Å². The molecule has 0 bridgehead atoms. The Hall–Kier alpha value is -2.02. The van der Waals surface area contributed by atoms with Gasteiger partial charge in [-0.1, -0.05) is 18.2 Å². The molecule has 1 N–H and O–H groups in total. The van der Waals surface area contributed by atoms with Crippen molar-refractivity contribution >= 4 is 29.5 Å². The van der Waals surface area contributed by atoms with Crippen molar-refractivity contribution in [2.45, 2.75) is 19.0 Å². The molecule has 1 aromatic carbocycles. The van der Waals surface area contributed by atoms with Gasteiger partial charge >= 0.3 is 5.97 Å². The summed E-state index contributed by atoms with van der Waals surface area (Å²) >= 11 is 1.49. The number of likely N-dealkylation sites (N-methyl/N-ethyl adjacent to an activating group) is 1. The van der Waals surface area contributed by atoms with Crippen molar-refractivity contribution in [1.29, 1.82) is 0 Å². The zero-order chi connectivity index (χ0) is 16.3. The summed E-state index contributed by atoms with van der Waals surface area (Å²) in [6, 6.07) is 7.22. The second-order valence-corrected chi connectivity index (χ2v) is 6.12. The Balaban J connectivity index is 2.15. The van der Waals surface area contributed by atoms with E-state index in [1.807, 2.05) is 6.07 Å². The minimum Gasteiger partial charge on any atom is -0.480 e. The first kappa shape index (κ1) is 16.4. The van der Waals surface area contributed by atoms with Crippen LogP contribution >= 0.6 is 11.8 Å². The van der Waals surface area contributed by atoms with Crippen LogP contribution in [0.5, 0.6) is 0 Å². The maximum Gasteiger partial charge on any atom is 0.326 e. The van der Waals surface area contributed by atoms with Crippen LogP contribution in [0.3, 0.4) is 0 Å². The number of carbonyl (C=O) groups is 3. The Labute approximate surface area is 133 Å². The van der Waals surface area contributed by atoms with Gasteiger partial charge in [0.15, 0.2) is 0 Å². The van der Waals surface area contributed by atoms with E-state index in [4.69, 9.17) is 5.11 Å². The third-order valence-corrected chi connectivity index (χ3v) is 4.75. The molecule has 0 spiro atoms. The molecule has 1 fully saturated rings. The topological polar surface area (TPSA) is 77.9 Å². The van der Waals surface area contributed by atoms with E-state index in [2.05, 4.69) is 0 Å². The number of aliphatic carboxylic acids is 1. The van der Waals surface area contributed by atoms with E-state index in [0.717, 1.165) is 0 Å². The van der Waals surface area contributed by atoms with Gasteiger partial charge in [0.25, 0.3) is 5.91 Å². The van der Waals surface area contributed by atoms with Gasteiger partial charge in [0, 0.05) is 18.4 Å². The fraction of sp³-hybridized carbons (Fsp3) is 0.400. The number of carboxylic acids is 1. The fourth-order valence-electron chi connectivity index (χ4n) is 2.19. The third-order valence-electron chi connectivity index (χ3n) is 3.73. The van der Waals surface area contributed by atoms with Crippen LogP contribution in [0.2, 0.25) is 0 Å². The Kier molecular flexibility index (Phi) is 5.07. The maximum absolute atomic E-state index is 12.5. The number of carbonyl (C=O) groups excluding carboxylic acids is 2. The molecule has 2 amide bonds. The summed E-state index contributed by atoms with van der Waals surface area (Å²) in [5, 5.41) is 9.02. The highest BCUT2D eigenvalue weighted by Crippen LogP contribution is 2.24. The van der Waals surface area contributed by atoms with E-state index in [-0.39, 0.29) is 11.8 Å². The van der Waals surface area contributed by atoms with E-state index in [1.54, 1.807) is 24.3 Å². The van der Waals surface area contributed by atoms with E-state index in [1.165, 1.54) is 35.5 Å². The molecule has 2 atom stereocenters. The van der Waals surface area contributed by atoms with Crippen LogP contribution in [0.4, 0.5) is 0 Å². The first-order chi connectivity index (χ1) is 10.4. The minimum atomic E-state index is -1.07. The average molecular weight is 322 g/mol. The van der Waals surface area contributed by atoms with Crippen LogP contribution in [-0.2, 0) is 9.59 Å². The van der Waals surface area contributed by atoms with E-state index >= 15 is 0 Å². The Morgan fingerprint density at radius 2 is 1.95 bits per heavy atom. The molecule has 6 nitrogen and oxygen atoms in total. The molecule has 1 aliphatic rings. The number of rotatable bonds is 4. The Morgan fingerprint density at radius 3 is 2.55 bits per heavy atom. The molecule has 0 aromatic heterocycles. The van der Waals surface area contributed by atoms with Gasteiger partial charge in [0.1, 0.15) is 12.1 Å². The van der Waals surface area contributed by atoms with Gasteiger partial charge in [-0.15, -0.1) is 11.8 Å². The first-order valence-electron chi connectivity index (χ1n) is 6.86. The lowest BCUT2D eigenvalue weighted by atomic mass is 10.1. The van der Waals surface area contributed by atoms with Crippen LogP contribution < -0.4 is 0 Å². The summed E-state index contributed by atoms with van der Waals surface area (Å²) in [5.41, 5.74) is 0.525. The molecule has 1 saturated heterocycles. The van der Waals surface area contributed by atoms with E-state index in [9.17, 15) is 14.4 Å². The van der Waals surface area contributed by atoms with Crippen molar-refractivity contribution in [3.05, 3.63) is 35.9 Å². The molecule has 1 aliphatic heterocycles. The van der Waals surface area contributed by atoms with Crippen molar-refractivity contribution < 1.29 is 19.5 Å². The predicted octanol–water partition coefficient (Wildman–Crippen LogP) is 1.13. The standard InChI is InChI=1S/C15H18N2O4S/c1-10(15(20)21)16(2)14(19)12-8-22-9-17(12)13(18)11-6-4-3-5-7-11/h3-7,10,12H,8-9H2,1-2H3,(H,20,21). The lowest BCUT2D eigenvalue weighted by molar-refractivity contribution is -0.149. The molecule has 22 heavy (non-hydrogen) atoms. The summed E-state index contributed by atoms with van der Waals surface area (Å²) in [6.45, 7) is 1.45. The number of hydrogen-bond acceptors (Lipinski definition) is 4. The molecule has 2 unspecified atom stereocenters. The van der Waals surface area contributed by atoms with Crippen molar-refractivity contribution in [2.24, 2.45) is 0 Å². The van der Waals surface area contributed by atoms with E-state index in [0.29, 0.717) is 17.2 Å². The molecule has 0 radical (unpaired) electrons. The SMILES string of the molecule is CC(C(=O)O)N(C)C(=O)C1CSCN1C(=O)c1ccccc1. The number of benzene rings is 1. The lowest BCUT2D eigenvalue weighted by Gasteiger charge is -2.29. The van der Waals surface area contributed by atoms with Gasteiger partial charge in [-0.2, -0.15) is 0 Å². The normalized spacial score (nSPS) is 18.8. The highest BCUT2D eigenvalue weighted by atomic mass is 32.2. The maximum atomic E-state index is 12.5. The highest BCUT2D eigenvalue weighted by molar-refractivity contribution is 7.99. The molecule has 1 aromatic rings. The molecular weight excluding hydrogens is 304 g/mol. The molecule has 118 valence electrons. The van der Waals surface area contributed by atoms with Crippen LogP contribution in [0.15, 0.2) is 30.3 Å². The largest absolute Gasteiger partial charge is 0.480 e. The zero-order valence-corrected chi connectivity index (χ0v) is 13.2. The van der Waals surface area contributed by atoms with E-state index < -0.39 is 18.1 Å². The summed E-state index contributed by atoms with van der Waals surface area (Å²) in [7, 11) is 1.45. The van der Waals surface area contributed by atoms with Crippen LogP contribution in [0, 0.1) is 0 Å². The van der Waals surface area contributed by atoms with Crippen molar-refractivity contribution in [3.63, 3.8) is 0 Å². The quantitative estimate of drug-likeness (QED) is 0.899. The predicted molar refractivity (Wildman–Crippen MR) is 83.6 cm³/mol. The van der Waals surface area contributed by atoms with Crippen LogP contribution in [0.1, 0.15) is 17.3 Å². The molecular formula is C15H18N2O4S. The van der Waals surface area contributed by atoms with Gasteiger partial charge in [0.2, 0.25) is 5.91 Å². The zero-order valence-electron chi connectivity index (χ0n) is 12.4. The lowest BCUT2D eigenvalue weighted by Crippen LogP contribution is -2.51. The number of thioether (sulfide) groups is 1. The third kappa shape index (κ3) is 3.24. The van der Waals surface area contributed by atoms with Crippen LogP contribution in [0.25, 0.3) is 0 Å². The summed E-state index contributed by atoms with van der Waals surface area (Å²) in [5.74, 6) is -0.708. The molecule has 1 heterocycles. The van der Waals surface area contributed by atoms with Crippen molar-refractivity contribution in [1.82, 2.24) is 9.80 Å². The smallest absolute Gasteiger partial charge is 0.326 e. The first-order valence-corrected chi connectivity index (χ1v) is 8.02. The monoisotopic (exact) mass is 322 g/mol. The Morgan fingerprint density at radius 1 is 1.32 bits per heavy atom. The van der Waals surface area contributed by atoms with Gasteiger partial charge in [0.05, 0.1) is 5.88 Å². The highest BCUT2D eigenvalue weighted by Gasteiger charge is 2.38. The molecule has 7 heteroatoms. The Bertz CT molecular complexity index is 578. The van der Waals surface area contributed by atoms with Crippen molar-refractivity contribution in [3.8, 4) is 0 Å². The number of hydrogen-bond donors (Lipinski definition) is 1. The number of nitrogens with zero attached hydrogens (tertiary/aromatic N) is 2. The fourth-order valence-corrected chi connectivity index (χ4v) is 3.33. The minimum absolute atomic E-state index is 0.208.